The van der Waals surface area contributed by atoms with E-state index in [9.17, 15) is 13.2 Å². The molecule has 11 heteroatoms. The Morgan fingerprint density at radius 3 is 2.55 bits per heavy atom. The van der Waals surface area contributed by atoms with Crippen LogP contribution >= 0.6 is 24.0 Å². The van der Waals surface area contributed by atoms with E-state index in [2.05, 4.69) is 25.6 Å². The van der Waals surface area contributed by atoms with Gasteiger partial charge in [0.15, 0.2) is 5.11 Å². The van der Waals surface area contributed by atoms with Crippen LogP contribution in [-0.2, 0) is 5.75 Å². The van der Waals surface area contributed by atoms with E-state index in [-0.39, 0.29) is 5.75 Å². The zero-order valence-corrected chi connectivity index (χ0v) is 22.0. The number of imidazole rings is 1. The number of halogens is 3. The minimum Gasteiger partial charge on any atom is -0.406 e. The van der Waals surface area contributed by atoms with Crippen LogP contribution in [0.15, 0.2) is 77.0 Å². The van der Waals surface area contributed by atoms with E-state index in [4.69, 9.17) is 12.2 Å². The molecule has 0 spiro atoms. The number of thiocarbonyl (C=S) groups is 1. The molecule has 4 aromatic rings. The number of anilines is 1. The van der Waals surface area contributed by atoms with Crippen LogP contribution in [0.1, 0.15) is 22.4 Å². The van der Waals surface area contributed by atoms with Gasteiger partial charge in [0.1, 0.15) is 12.1 Å². The average Bonchev–Trinajstić information content (AvgIpc) is 3.30. The molecule has 0 unspecified atom stereocenters. The van der Waals surface area contributed by atoms with Gasteiger partial charge in [0.2, 0.25) is 0 Å². The molecule has 2 N–H and O–H groups in total. The molecule has 0 amide bonds. The molecule has 0 radical (unpaired) electrons. The van der Waals surface area contributed by atoms with E-state index in [0.29, 0.717) is 16.6 Å². The summed E-state index contributed by atoms with van der Waals surface area (Å²) in [6.45, 7) is 4.04. The van der Waals surface area contributed by atoms with Gasteiger partial charge >= 0.3 is 6.36 Å². The SMILES string of the molecule is Cc1cccc(C)c1NC(=S)N/N=C/c1ccc2c(c1)SCc1c-2ncn1-c1ccc(OC(F)(F)F)cc1. The van der Waals surface area contributed by atoms with Crippen LogP contribution in [-0.4, -0.2) is 27.2 Å². The lowest BCUT2D eigenvalue weighted by Crippen LogP contribution is -2.24. The van der Waals surface area contributed by atoms with Crippen molar-refractivity contribution in [2.24, 2.45) is 5.10 Å². The van der Waals surface area contributed by atoms with Crippen LogP contribution in [0.25, 0.3) is 16.9 Å². The number of nitrogens with one attached hydrogen (secondary N) is 2. The van der Waals surface area contributed by atoms with Gasteiger partial charge < -0.3 is 14.6 Å². The van der Waals surface area contributed by atoms with E-state index < -0.39 is 6.36 Å². The van der Waals surface area contributed by atoms with Crippen molar-refractivity contribution < 1.29 is 17.9 Å². The maximum atomic E-state index is 12.5. The third-order valence-corrected chi connectivity index (χ3v) is 7.20. The molecule has 5 rings (SSSR count). The summed E-state index contributed by atoms with van der Waals surface area (Å²) in [7, 11) is 0. The van der Waals surface area contributed by atoms with Gasteiger partial charge in [0, 0.05) is 27.6 Å². The summed E-state index contributed by atoms with van der Waals surface area (Å²) in [6, 6.07) is 17.8. The largest absolute Gasteiger partial charge is 0.573 e. The predicted octanol–water partition coefficient (Wildman–Crippen LogP) is 6.98. The molecule has 1 aromatic heterocycles. The fourth-order valence-electron chi connectivity index (χ4n) is 4.17. The molecule has 0 bridgehead atoms. The van der Waals surface area contributed by atoms with Gasteiger partial charge in [0.05, 0.1) is 17.6 Å². The molecule has 0 saturated heterocycles. The Morgan fingerprint density at radius 2 is 1.84 bits per heavy atom. The summed E-state index contributed by atoms with van der Waals surface area (Å²) in [5.74, 6) is 0.395. The highest BCUT2D eigenvalue weighted by Gasteiger charge is 2.31. The molecule has 38 heavy (non-hydrogen) atoms. The normalized spacial score (nSPS) is 12.7. The second-order valence-corrected chi connectivity index (χ2v) is 10.0. The molecule has 6 nitrogen and oxygen atoms in total. The summed E-state index contributed by atoms with van der Waals surface area (Å²) in [6.07, 6.45) is -1.33. The number of rotatable bonds is 5. The predicted molar refractivity (Wildman–Crippen MR) is 148 cm³/mol. The van der Waals surface area contributed by atoms with Crippen molar-refractivity contribution in [1.29, 1.82) is 0 Å². The van der Waals surface area contributed by atoms with Gasteiger partial charge in [0.25, 0.3) is 0 Å². The second kappa shape index (κ2) is 10.5. The van der Waals surface area contributed by atoms with E-state index in [1.165, 1.54) is 12.1 Å². The third kappa shape index (κ3) is 5.68. The first-order valence-electron chi connectivity index (χ1n) is 11.5. The third-order valence-electron chi connectivity index (χ3n) is 5.94. The summed E-state index contributed by atoms with van der Waals surface area (Å²) in [5, 5.41) is 7.87. The standard InChI is InChI=1S/C27H22F3N5OS2/c1-16-4-3-5-17(2)24(16)33-26(37)34-32-13-18-6-11-21-23(12-18)38-14-22-25(21)31-15-35(22)19-7-9-20(10-8-19)36-27(28,29)30/h3-13,15H,14H2,1-2H3,(H2,33,34,37)/b32-13+. The average molecular weight is 554 g/mol. The first-order valence-corrected chi connectivity index (χ1v) is 12.9. The smallest absolute Gasteiger partial charge is 0.406 e. The van der Waals surface area contributed by atoms with Crippen molar-refractivity contribution in [1.82, 2.24) is 15.0 Å². The van der Waals surface area contributed by atoms with Crippen LogP contribution < -0.4 is 15.5 Å². The Balaban J connectivity index is 1.28. The second-order valence-electron chi connectivity index (χ2n) is 8.59. The highest BCUT2D eigenvalue weighted by atomic mass is 32.2. The Morgan fingerprint density at radius 1 is 1.11 bits per heavy atom. The summed E-state index contributed by atoms with van der Waals surface area (Å²) in [4.78, 5) is 5.66. The Hall–Kier alpha value is -3.83. The van der Waals surface area contributed by atoms with Gasteiger partial charge in [-0.1, -0.05) is 30.3 Å². The van der Waals surface area contributed by atoms with Crippen molar-refractivity contribution in [3.8, 4) is 22.7 Å². The van der Waals surface area contributed by atoms with Crippen LogP contribution in [0.2, 0.25) is 0 Å². The van der Waals surface area contributed by atoms with E-state index in [1.807, 2.05) is 54.8 Å². The van der Waals surface area contributed by atoms with Crippen molar-refractivity contribution in [3.05, 3.63) is 89.4 Å². The molecular weight excluding hydrogens is 531 g/mol. The van der Waals surface area contributed by atoms with Crippen molar-refractivity contribution in [3.63, 3.8) is 0 Å². The molecular formula is C27H22F3N5OS2. The van der Waals surface area contributed by atoms with Gasteiger partial charge in [-0.25, -0.2) is 4.98 Å². The quantitative estimate of drug-likeness (QED) is 0.158. The van der Waals surface area contributed by atoms with Gasteiger partial charge in [-0.15, -0.1) is 24.9 Å². The maximum Gasteiger partial charge on any atom is 0.573 e. The van der Waals surface area contributed by atoms with Gasteiger partial charge in [-0.2, -0.15) is 5.10 Å². The van der Waals surface area contributed by atoms with Gasteiger partial charge in [-0.05, 0) is 73.1 Å². The monoisotopic (exact) mass is 553 g/mol. The molecule has 0 saturated carbocycles. The number of aromatic nitrogens is 2. The van der Waals surface area contributed by atoms with Crippen LogP contribution in [0.3, 0.4) is 0 Å². The number of para-hydroxylation sites is 1. The van der Waals surface area contributed by atoms with Crippen LogP contribution in [0.5, 0.6) is 5.75 Å². The summed E-state index contributed by atoms with van der Waals surface area (Å²) in [5.41, 5.74) is 10.4. The minimum absolute atomic E-state index is 0.263. The molecule has 1 aliphatic heterocycles. The highest BCUT2D eigenvalue weighted by Crippen LogP contribution is 2.41. The number of ether oxygens (including phenoxy) is 1. The Bertz CT molecular complexity index is 1510. The number of hydrazone groups is 1. The first-order chi connectivity index (χ1) is 18.2. The molecule has 0 atom stereocenters. The number of thioether (sulfide) groups is 1. The lowest BCUT2D eigenvalue weighted by Gasteiger charge is -2.18. The van der Waals surface area contributed by atoms with Crippen LogP contribution in [0, 0.1) is 13.8 Å². The maximum absolute atomic E-state index is 12.5. The number of hydrogen-bond acceptors (Lipinski definition) is 5. The van der Waals surface area contributed by atoms with Gasteiger partial charge in [-0.3, -0.25) is 5.43 Å². The molecule has 2 heterocycles. The van der Waals surface area contributed by atoms with E-state index in [1.54, 1.807) is 36.4 Å². The Labute approximate surface area is 226 Å². The minimum atomic E-state index is -4.72. The number of fused-ring (bicyclic) bond motifs is 3. The number of aryl methyl sites for hydroxylation is 2. The lowest BCUT2D eigenvalue weighted by molar-refractivity contribution is -0.274. The van der Waals surface area contributed by atoms with Crippen molar-refractivity contribution in [2.45, 2.75) is 30.9 Å². The molecule has 0 aliphatic carbocycles. The number of nitrogens with zero attached hydrogens (tertiary/aromatic N) is 3. The zero-order chi connectivity index (χ0) is 26.9. The van der Waals surface area contributed by atoms with E-state index >= 15 is 0 Å². The zero-order valence-electron chi connectivity index (χ0n) is 20.3. The Kier molecular flexibility index (Phi) is 7.13. The lowest BCUT2D eigenvalue weighted by atomic mass is 10.1. The fourth-order valence-corrected chi connectivity index (χ4v) is 5.43. The molecule has 194 valence electrons. The van der Waals surface area contributed by atoms with Crippen molar-refractivity contribution >= 4 is 41.0 Å². The molecule has 0 fully saturated rings. The number of alkyl halides is 3. The topological polar surface area (TPSA) is 63.5 Å². The summed E-state index contributed by atoms with van der Waals surface area (Å²) >= 11 is 7.04. The molecule has 3 aromatic carbocycles. The van der Waals surface area contributed by atoms with Crippen molar-refractivity contribution in [2.75, 3.05) is 5.32 Å². The summed E-state index contributed by atoms with van der Waals surface area (Å²) < 4.78 is 43.2. The first kappa shape index (κ1) is 25.8. The van der Waals surface area contributed by atoms with Crippen LogP contribution in [0.4, 0.5) is 18.9 Å². The fraction of sp³-hybridized carbons (Fsp3) is 0.148. The van der Waals surface area contributed by atoms with E-state index in [0.717, 1.165) is 44.2 Å². The number of hydrogen-bond donors (Lipinski definition) is 2. The number of benzene rings is 3. The highest BCUT2D eigenvalue weighted by molar-refractivity contribution is 7.98. The molecule has 1 aliphatic rings.